The van der Waals surface area contributed by atoms with Gasteiger partial charge in [-0.25, -0.2) is 9.50 Å². The number of likely N-dealkylation sites (tertiary alicyclic amines) is 1. The highest BCUT2D eigenvalue weighted by molar-refractivity contribution is 7.16. The van der Waals surface area contributed by atoms with E-state index in [0.717, 1.165) is 40.9 Å². The van der Waals surface area contributed by atoms with Gasteiger partial charge in [-0.2, -0.15) is 5.10 Å². The van der Waals surface area contributed by atoms with Gasteiger partial charge in [-0.1, -0.05) is 17.8 Å². The summed E-state index contributed by atoms with van der Waals surface area (Å²) in [5, 5.41) is 8.64. The second kappa shape index (κ2) is 7.58. The first-order chi connectivity index (χ1) is 11.6. The molecule has 132 valence electrons. The molecule has 3 N–H and O–H groups in total. The van der Waals surface area contributed by atoms with Crippen LogP contribution in [0.3, 0.4) is 0 Å². The van der Waals surface area contributed by atoms with Gasteiger partial charge in [-0.15, -0.1) is 0 Å². The monoisotopic (exact) mass is 350 g/mol. The third-order valence-electron chi connectivity index (χ3n) is 4.61. The number of nitrogens with two attached hydrogens (primary N) is 1. The van der Waals surface area contributed by atoms with E-state index in [1.165, 1.54) is 12.8 Å². The number of piperidine rings is 1. The zero-order valence-corrected chi connectivity index (χ0v) is 15.2. The van der Waals surface area contributed by atoms with Crippen molar-refractivity contribution in [3.63, 3.8) is 0 Å². The number of amides is 1. The Kier molecular flexibility index (Phi) is 5.47. The van der Waals surface area contributed by atoms with E-state index >= 15 is 0 Å². The second-order valence-corrected chi connectivity index (χ2v) is 7.58. The lowest BCUT2D eigenvalue weighted by molar-refractivity contribution is -0.121. The fraction of sp³-hybridized carbons (Fsp3) is 0.688. The quantitative estimate of drug-likeness (QED) is 0.818. The van der Waals surface area contributed by atoms with Crippen LogP contribution < -0.4 is 11.1 Å². The van der Waals surface area contributed by atoms with Crippen molar-refractivity contribution in [3.05, 3.63) is 16.4 Å². The van der Waals surface area contributed by atoms with Gasteiger partial charge < -0.3 is 11.1 Å². The minimum Gasteiger partial charge on any atom is -0.354 e. The average molecular weight is 350 g/mol. The van der Waals surface area contributed by atoms with Crippen LogP contribution in [-0.4, -0.2) is 51.1 Å². The summed E-state index contributed by atoms with van der Waals surface area (Å²) < 4.78 is 1.98. The Morgan fingerprint density at radius 1 is 1.42 bits per heavy atom. The molecule has 1 aliphatic rings. The maximum atomic E-state index is 11.7. The molecule has 2 aromatic heterocycles. The van der Waals surface area contributed by atoms with Crippen molar-refractivity contribution in [2.75, 3.05) is 19.6 Å². The number of aryl methyl sites for hydroxylation is 2. The van der Waals surface area contributed by atoms with Gasteiger partial charge in [0.2, 0.25) is 10.9 Å². The smallest absolute Gasteiger partial charge is 0.221 e. The van der Waals surface area contributed by atoms with Crippen molar-refractivity contribution in [2.24, 2.45) is 5.73 Å². The second-order valence-electron chi connectivity index (χ2n) is 6.42. The van der Waals surface area contributed by atoms with Gasteiger partial charge >= 0.3 is 0 Å². The summed E-state index contributed by atoms with van der Waals surface area (Å²) in [4.78, 5) is 19.8. The molecule has 1 fully saturated rings. The summed E-state index contributed by atoms with van der Waals surface area (Å²) in [7, 11) is 0. The summed E-state index contributed by atoms with van der Waals surface area (Å²) in [6, 6.07) is 0.366. The van der Waals surface area contributed by atoms with Crippen molar-refractivity contribution in [2.45, 2.75) is 52.1 Å². The first-order valence-corrected chi connectivity index (χ1v) is 9.42. The fourth-order valence-corrected chi connectivity index (χ4v) is 4.12. The lowest BCUT2D eigenvalue weighted by atomic mass is 10.0. The minimum atomic E-state index is 0.0427. The lowest BCUT2D eigenvalue weighted by Crippen LogP contribution is -2.46. The number of fused-ring (bicyclic) bond motifs is 1. The molecular weight excluding hydrogens is 324 g/mol. The van der Waals surface area contributed by atoms with Crippen LogP contribution in [0.1, 0.15) is 42.1 Å². The summed E-state index contributed by atoms with van der Waals surface area (Å²) in [6.07, 6.45) is 3.92. The van der Waals surface area contributed by atoms with E-state index in [0.29, 0.717) is 25.6 Å². The SMILES string of the molecule is Cc1nn2c(CN3CCCCC3CNC(=O)CCN)c(C)nc2s1. The van der Waals surface area contributed by atoms with Gasteiger partial charge in [0.05, 0.1) is 11.4 Å². The Balaban J connectivity index is 1.70. The van der Waals surface area contributed by atoms with Gasteiger partial charge in [0.25, 0.3) is 0 Å². The van der Waals surface area contributed by atoms with E-state index in [1.54, 1.807) is 11.3 Å². The van der Waals surface area contributed by atoms with Crippen LogP contribution in [-0.2, 0) is 11.3 Å². The molecule has 2 aromatic rings. The predicted molar refractivity (Wildman–Crippen MR) is 95.1 cm³/mol. The van der Waals surface area contributed by atoms with Crippen LogP contribution in [0, 0.1) is 13.8 Å². The standard InChI is InChI=1S/C16H26N6OS/c1-11-14(22-16(19-11)24-12(2)20-22)10-21-8-4-3-5-13(21)9-18-15(23)6-7-17/h13H,3-10,17H2,1-2H3,(H,18,23). The number of aromatic nitrogens is 3. The maximum Gasteiger partial charge on any atom is 0.221 e. The number of nitrogens with zero attached hydrogens (tertiary/aromatic N) is 4. The van der Waals surface area contributed by atoms with Gasteiger partial charge in [0, 0.05) is 32.1 Å². The zero-order chi connectivity index (χ0) is 17.1. The van der Waals surface area contributed by atoms with Crippen LogP contribution in [0.15, 0.2) is 0 Å². The normalized spacial score (nSPS) is 19.0. The summed E-state index contributed by atoms with van der Waals surface area (Å²) >= 11 is 1.62. The van der Waals surface area contributed by atoms with Gasteiger partial charge in [0.15, 0.2) is 0 Å². The third-order valence-corrected chi connectivity index (χ3v) is 5.43. The van der Waals surface area contributed by atoms with E-state index in [2.05, 4.69) is 20.3 Å². The molecule has 1 saturated heterocycles. The molecule has 8 heteroatoms. The largest absolute Gasteiger partial charge is 0.354 e. The highest BCUT2D eigenvalue weighted by Crippen LogP contribution is 2.23. The van der Waals surface area contributed by atoms with Crippen LogP contribution in [0.2, 0.25) is 0 Å². The van der Waals surface area contributed by atoms with Gasteiger partial charge in [-0.05, 0) is 33.2 Å². The van der Waals surface area contributed by atoms with Crippen LogP contribution in [0.5, 0.6) is 0 Å². The van der Waals surface area contributed by atoms with Crippen LogP contribution in [0.25, 0.3) is 4.96 Å². The van der Waals surface area contributed by atoms with Crippen molar-refractivity contribution in [1.82, 2.24) is 24.8 Å². The molecule has 0 aromatic carbocycles. The van der Waals surface area contributed by atoms with E-state index in [4.69, 9.17) is 5.73 Å². The highest BCUT2D eigenvalue weighted by Gasteiger charge is 2.25. The highest BCUT2D eigenvalue weighted by atomic mass is 32.1. The number of rotatable bonds is 6. The number of imidazole rings is 1. The number of carbonyl (C=O) groups is 1. The number of nitrogens with one attached hydrogen (secondary N) is 1. The first-order valence-electron chi connectivity index (χ1n) is 8.61. The molecule has 1 amide bonds. The molecule has 24 heavy (non-hydrogen) atoms. The maximum absolute atomic E-state index is 11.7. The average Bonchev–Trinajstić information content (AvgIpc) is 3.03. The zero-order valence-electron chi connectivity index (χ0n) is 14.4. The minimum absolute atomic E-state index is 0.0427. The lowest BCUT2D eigenvalue weighted by Gasteiger charge is -2.35. The molecule has 0 spiro atoms. The summed E-state index contributed by atoms with van der Waals surface area (Å²) in [6.45, 7) is 7.02. The number of hydrogen-bond acceptors (Lipinski definition) is 6. The van der Waals surface area contributed by atoms with Crippen LogP contribution >= 0.6 is 11.3 Å². The van der Waals surface area contributed by atoms with E-state index in [9.17, 15) is 4.79 Å². The van der Waals surface area contributed by atoms with Crippen molar-refractivity contribution < 1.29 is 4.79 Å². The Morgan fingerprint density at radius 3 is 3.04 bits per heavy atom. The fourth-order valence-electron chi connectivity index (χ4n) is 3.31. The topological polar surface area (TPSA) is 88.5 Å². The molecule has 1 aliphatic heterocycles. The molecular formula is C16H26N6OS. The third kappa shape index (κ3) is 3.76. The Bertz CT molecular complexity index is 709. The number of hydrogen-bond donors (Lipinski definition) is 2. The van der Waals surface area contributed by atoms with Gasteiger partial charge in [0.1, 0.15) is 5.01 Å². The molecule has 1 atom stereocenters. The summed E-state index contributed by atoms with van der Waals surface area (Å²) in [5.41, 5.74) is 7.65. The summed E-state index contributed by atoms with van der Waals surface area (Å²) in [5.74, 6) is 0.0427. The molecule has 3 rings (SSSR count). The van der Waals surface area contributed by atoms with E-state index in [-0.39, 0.29) is 5.91 Å². The van der Waals surface area contributed by atoms with Crippen molar-refractivity contribution >= 4 is 22.2 Å². The van der Waals surface area contributed by atoms with E-state index < -0.39 is 0 Å². The Morgan fingerprint density at radius 2 is 2.25 bits per heavy atom. The molecule has 0 radical (unpaired) electrons. The predicted octanol–water partition coefficient (Wildman–Crippen LogP) is 1.23. The molecule has 1 unspecified atom stereocenters. The van der Waals surface area contributed by atoms with Crippen LogP contribution in [0.4, 0.5) is 0 Å². The van der Waals surface area contributed by atoms with Crippen molar-refractivity contribution in [3.8, 4) is 0 Å². The Labute approximate surface area is 146 Å². The van der Waals surface area contributed by atoms with Crippen molar-refractivity contribution in [1.29, 1.82) is 0 Å². The van der Waals surface area contributed by atoms with Gasteiger partial charge in [-0.3, -0.25) is 9.69 Å². The molecule has 3 heterocycles. The molecule has 7 nitrogen and oxygen atoms in total. The molecule has 0 saturated carbocycles. The first kappa shape index (κ1) is 17.3. The van der Waals surface area contributed by atoms with E-state index in [1.807, 2.05) is 18.4 Å². The molecule has 0 aliphatic carbocycles. The Hall–Kier alpha value is -1.51. The number of carbonyl (C=O) groups excluding carboxylic acids is 1. The molecule has 0 bridgehead atoms.